The number of non-ortho nitro benzene ring substituents is 1. The number of nitro groups is 1. The first-order chi connectivity index (χ1) is 18.9. The molecule has 0 aliphatic carbocycles. The summed E-state index contributed by atoms with van der Waals surface area (Å²) in [5.41, 5.74) is 4.07. The molecule has 192 valence electrons. The van der Waals surface area contributed by atoms with E-state index < -0.39 is 14.9 Å². The average molecular weight is 539 g/mol. The van der Waals surface area contributed by atoms with Crippen LogP contribution in [0.25, 0.3) is 45.3 Å². The Bertz CT molecular complexity index is 1900. The molecule has 0 amide bonds. The molecule has 0 radical (unpaired) electrons. The number of fused-ring (bicyclic) bond motifs is 1. The Morgan fingerprint density at radius 3 is 2.28 bits per heavy atom. The summed E-state index contributed by atoms with van der Waals surface area (Å²) in [5.74, 6) is 1.42. The van der Waals surface area contributed by atoms with Crippen molar-refractivity contribution in [2.45, 2.75) is 4.90 Å². The predicted molar refractivity (Wildman–Crippen MR) is 144 cm³/mol. The number of sulfonamides is 1. The first-order valence-electron chi connectivity index (χ1n) is 11.6. The molecule has 12 heteroatoms. The van der Waals surface area contributed by atoms with E-state index in [1.165, 1.54) is 30.3 Å². The predicted octanol–water partition coefficient (Wildman–Crippen LogP) is 5.66. The lowest BCUT2D eigenvalue weighted by Crippen LogP contribution is -2.13. The Labute approximate surface area is 221 Å². The molecule has 0 fully saturated rings. The van der Waals surface area contributed by atoms with Crippen molar-refractivity contribution >= 4 is 32.4 Å². The number of imidazole rings is 1. The summed E-state index contributed by atoms with van der Waals surface area (Å²) in [7, 11) is -4.02. The molecular formula is C27H18N6O5S. The lowest BCUT2D eigenvalue weighted by atomic mass is 10.1. The molecule has 0 unspecified atom stereocenters. The molecule has 0 saturated heterocycles. The highest BCUT2D eigenvalue weighted by molar-refractivity contribution is 7.92. The number of hydrogen-bond acceptors (Lipinski definition) is 8. The normalized spacial score (nSPS) is 11.5. The van der Waals surface area contributed by atoms with Gasteiger partial charge in [0.15, 0.2) is 0 Å². The van der Waals surface area contributed by atoms with Gasteiger partial charge in [-0.15, -0.1) is 0 Å². The van der Waals surface area contributed by atoms with Crippen LogP contribution < -0.4 is 4.72 Å². The minimum Gasteiger partial charge on any atom is -0.338 e. The minimum absolute atomic E-state index is 0.214. The molecule has 2 heterocycles. The van der Waals surface area contributed by atoms with Crippen LogP contribution in [0.1, 0.15) is 0 Å². The van der Waals surface area contributed by atoms with E-state index in [1.54, 1.807) is 12.1 Å². The summed E-state index contributed by atoms with van der Waals surface area (Å²) in [6, 6.07) is 26.6. The number of aromatic amines is 1. The molecule has 2 aromatic heterocycles. The lowest BCUT2D eigenvalue weighted by molar-refractivity contribution is -0.385. The Kier molecular flexibility index (Phi) is 5.85. The number of aromatic nitrogens is 4. The van der Waals surface area contributed by atoms with Crippen LogP contribution >= 0.6 is 0 Å². The SMILES string of the molecule is O=[N+]([O-])c1cccc(S(=O)(=O)Nc2ccc(-c3nc(-c4ccc(-c5nc6ccccc6[nH]5)cc4)no3)cc2)c1. The topological polar surface area (TPSA) is 157 Å². The van der Waals surface area contributed by atoms with Crippen LogP contribution in [0.15, 0.2) is 106 Å². The molecule has 0 bridgehead atoms. The summed E-state index contributed by atoms with van der Waals surface area (Å²) in [5, 5.41) is 15.0. The second kappa shape index (κ2) is 9.50. The fourth-order valence-electron chi connectivity index (χ4n) is 3.98. The van der Waals surface area contributed by atoms with E-state index in [1.807, 2.05) is 48.5 Å². The zero-order valence-corrected chi connectivity index (χ0v) is 20.8. The highest BCUT2D eigenvalue weighted by Crippen LogP contribution is 2.27. The van der Waals surface area contributed by atoms with Crippen LogP contribution in [-0.4, -0.2) is 33.4 Å². The summed E-state index contributed by atoms with van der Waals surface area (Å²) in [4.78, 5) is 22.5. The van der Waals surface area contributed by atoms with E-state index in [2.05, 4.69) is 24.8 Å². The van der Waals surface area contributed by atoms with Crippen molar-refractivity contribution in [3.8, 4) is 34.2 Å². The Morgan fingerprint density at radius 2 is 1.54 bits per heavy atom. The van der Waals surface area contributed by atoms with Gasteiger partial charge in [-0.3, -0.25) is 14.8 Å². The summed E-state index contributed by atoms with van der Waals surface area (Å²) < 4.78 is 33.2. The van der Waals surface area contributed by atoms with Gasteiger partial charge in [-0.25, -0.2) is 13.4 Å². The molecule has 4 aromatic carbocycles. The Morgan fingerprint density at radius 1 is 0.821 bits per heavy atom. The maximum Gasteiger partial charge on any atom is 0.270 e. The van der Waals surface area contributed by atoms with Crippen molar-refractivity contribution in [2.24, 2.45) is 0 Å². The van der Waals surface area contributed by atoms with E-state index in [0.29, 0.717) is 11.4 Å². The van der Waals surface area contributed by atoms with Crippen LogP contribution in [0, 0.1) is 10.1 Å². The molecule has 11 nitrogen and oxygen atoms in total. The van der Waals surface area contributed by atoms with Crippen LogP contribution in [0.2, 0.25) is 0 Å². The van der Waals surface area contributed by atoms with Gasteiger partial charge in [-0.1, -0.05) is 47.6 Å². The van der Waals surface area contributed by atoms with Crippen molar-refractivity contribution < 1.29 is 17.9 Å². The summed E-state index contributed by atoms with van der Waals surface area (Å²) >= 11 is 0. The van der Waals surface area contributed by atoms with Gasteiger partial charge in [0, 0.05) is 34.5 Å². The molecule has 0 saturated carbocycles. The van der Waals surface area contributed by atoms with E-state index in [-0.39, 0.29) is 22.2 Å². The number of H-pyrrole nitrogens is 1. The Hall–Kier alpha value is -5.36. The van der Waals surface area contributed by atoms with Crippen molar-refractivity contribution in [3.63, 3.8) is 0 Å². The molecule has 6 rings (SSSR count). The first kappa shape index (κ1) is 24.0. The fraction of sp³-hybridized carbons (Fsp3) is 0. The van der Waals surface area contributed by atoms with Gasteiger partial charge < -0.3 is 9.51 Å². The Balaban J connectivity index is 1.17. The van der Waals surface area contributed by atoms with Crippen LogP contribution in [0.3, 0.4) is 0 Å². The van der Waals surface area contributed by atoms with E-state index in [0.717, 1.165) is 34.1 Å². The quantitative estimate of drug-likeness (QED) is 0.195. The number of anilines is 1. The van der Waals surface area contributed by atoms with Gasteiger partial charge in [-0.05, 0) is 42.5 Å². The monoisotopic (exact) mass is 538 g/mol. The van der Waals surface area contributed by atoms with Crippen molar-refractivity contribution in [2.75, 3.05) is 4.72 Å². The zero-order valence-electron chi connectivity index (χ0n) is 20.0. The summed E-state index contributed by atoms with van der Waals surface area (Å²) in [6.45, 7) is 0. The van der Waals surface area contributed by atoms with Gasteiger partial charge in [0.25, 0.3) is 21.6 Å². The largest absolute Gasteiger partial charge is 0.338 e. The van der Waals surface area contributed by atoms with Crippen LogP contribution in [0.5, 0.6) is 0 Å². The molecule has 0 aliphatic rings. The van der Waals surface area contributed by atoms with E-state index >= 15 is 0 Å². The third kappa shape index (κ3) is 4.83. The van der Waals surface area contributed by atoms with E-state index in [9.17, 15) is 18.5 Å². The third-order valence-corrected chi connectivity index (χ3v) is 7.33. The highest BCUT2D eigenvalue weighted by atomic mass is 32.2. The number of benzene rings is 4. The highest BCUT2D eigenvalue weighted by Gasteiger charge is 2.18. The van der Waals surface area contributed by atoms with Gasteiger partial charge in [0.2, 0.25) is 5.82 Å². The number of hydrogen-bond donors (Lipinski definition) is 2. The van der Waals surface area contributed by atoms with Crippen molar-refractivity contribution in [3.05, 3.63) is 107 Å². The molecule has 0 atom stereocenters. The standard InChI is InChI=1S/C27H18N6O5S/c34-33(35)21-4-3-5-22(16-21)39(36,37)32-20-14-12-19(13-15-20)27-30-26(31-38-27)18-10-8-17(9-11-18)25-28-23-6-1-2-7-24(23)29-25/h1-16,32H,(H,28,29). The van der Waals surface area contributed by atoms with Crippen molar-refractivity contribution in [1.29, 1.82) is 0 Å². The number of para-hydroxylation sites is 2. The number of nitrogens with zero attached hydrogens (tertiary/aromatic N) is 4. The number of nitro benzene ring substituents is 1. The number of nitrogens with one attached hydrogen (secondary N) is 2. The molecule has 0 aliphatic heterocycles. The number of rotatable bonds is 7. The van der Waals surface area contributed by atoms with Crippen LogP contribution in [-0.2, 0) is 10.0 Å². The third-order valence-electron chi connectivity index (χ3n) is 5.95. The fourth-order valence-corrected chi connectivity index (χ4v) is 5.08. The zero-order chi connectivity index (χ0) is 27.0. The maximum absolute atomic E-state index is 12.7. The lowest BCUT2D eigenvalue weighted by Gasteiger charge is -2.08. The average Bonchev–Trinajstić information content (AvgIpc) is 3.61. The molecule has 2 N–H and O–H groups in total. The minimum atomic E-state index is -4.02. The second-order valence-electron chi connectivity index (χ2n) is 8.54. The maximum atomic E-state index is 12.7. The van der Waals surface area contributed by atoms with Gasteiger partial charge >= 0.3 is 0 Å². The molecule has 39 heavy (non-hydrogen) atoms. The van der Waals surface area contributed by atoms with Gasteiger partial charge in [0.1, 0.15) is 5.82 Å². The van der Waals surface area contributed by atoms with E-state index in [4.69, 9.17) is 4.52 Å². The van der Waals surface area contributed by atoms with Gasteiger partial charge in [0.05, 0.1) is 20.9 Å². The second-order valence-corrected chi connectivity index (χ2v) is 10.2. The molecule has 0 spiro atoms. The first-order valence-corrected chi connectivity index (χ1v) is 13.1. The van der Waals surface area contributed by atoms with Crippen LogP contribution in [0.4, 0.5) is 11.4 Å². The van der Waals surface area contributed by atoms with Gasteiger partial charge in [-0.2, -0.15) is 4.98 Å². The smallest absolute Gasteiger partial charge is 0.270 e. The van der Waals surface area contributed by atoms with Crippen molar-refractivity contribution in [1.82, 2.24) is 20.1 Å². The molecule has 6 aromatic rings. The molecular weight excluding hydrogens is 520 g/mol. The summed E-state index contributed by atoms with van der Waals surface area (Å²) in [6.07, 6.45) is 0.